The first-order chi connectivity index (χ1) is 16.0. The van der Waals surface area contributed by atoms with Crippen molar-refractivity contribution in [3.05, 3.63) is 82.9 Å². The molecule has 174 valence electrons. The Labute approximate surface area is 195 Å². The van der Waals surface area contributed by atoms with Crippen LogP contribution in [0.5, 0.6) is 0 Å². The minimum atomic E-state index is -4.30. The molecule has 0 aromatic heterocycles. The average molecular weight is 452 g/mol. The van der Waals surface area contributed by atoms with Crippen LogP contribution in [0, 0.1) is 11.8 Å². The summed E-state index contributed by atoms with van der Waals surface area (Å²) >= 11 is 0. The summed E-state index contributed by atoms with van der Waals surface area (Å²) < 4.78 is 38.2. The Morgan fingerprint density at radius 3 is 2.18 bits per heavy atom. The minimum absolute atomic E-state index is 0.506. The van der Waals surface area contributed by atoms with Crippen molar-refractivity contribution in [2.45, 2.75) is 71.1 Å². The second kappa shape index (κ2) is 12.5. The van der Waals surface area contributed by atoms with E-state index in [-0.39, 0.29) is 0 Å². The molecular weight excluding hydrogens is 419 g/mol. The highest BCUT2D eigenvalue weighted by Gasteiger charge is 2.29. The van der Waals surface area contributed by atoms with Crippen LogP contribution in [0.4, 0.5) is 13.2 Å². The minimum Gasteiger partial charge on any atom is -0.309 e. The molecule has 0 fully saturated rings. The van der Waals surface area contributed by atoms with Gasteiger partial charge in [-0.3, -0.25) is 0 Å². The fourth-order valence-electron chi connectivity index (χ4n) is 3.93. The van der Waals surface area contributed by atoms with Gasteiger partial charge in [0, 0.05) is 25.1 Å². The first-order valence-electron chi connectivity index (χ1n) is 11.9. The number of alkyl halides is 3. The van der Waals surface area contributed by atoms with Crippen LogP contribution in [0.2, 0.25) is 0 Å². The van der Waals surface area contributed by atoms with Gasteiger partial charge < -0.3 is 5.32 Å². The zero-order valence-electron chi connectivity index (χ0n) is 19.3. The zero-order chi connectivity index (χ0) is 23.5. The summed E-state index contributed by atoms with van der Waals surface area (Å²) in [4.78, 5) is 0. The number of nitrogens with one attached hydrogen (secondary N) is 1. The van der Waals surface area contributed by atoms with Crippen molar-refractivity contribution in [3.8, 4) is 11.8 Å². The largest absolute Gasteiger partial charge is 0.416 e. The molecule has 0 saturated carbocycles. The molecule has 0 amide bonds. The lowest BCUT2D eigenvalue weighted by molar-refractivity contribution is -0.137. The van der Waals surface area contributed by atoms with Gasteiger partial charge in [0.2, 0.25) is 0 Å². The van der Waals surface area contributed by atoms with E-state index in [0.29, 0.717) is 13.1 Å². The van der Waals surface area contributed by atoms with E-state index < -0.39 is 11.7 Å². The van der Waals surface area contributed by atoms with Crippen LogP contribution in [0.25, 0.3) is 10.8 Å². The standard InChI is InChI=1S/C29H32F3N/c1-2-3-4-5-6-7-8-9-12-24-17-18-25(28-14-11-10-13-27(24)28)22-33-21-23-15-19-26(20-16-23)29(30,31)32/h10-11,13-20,33H,2-8,21-22H2,1H3. The highest BCUT2D eigenvalue weighted by atomic mass is 19.4. The first-order valence-corrected chi connectivity index (χ1v) is 11.9. The molecular formula is C29H32F3N. The highest BCUT2D eigenvalue weighted by molar-refractivity contribution is 5.90. The van der Waals surface area contributed by atoms with Gasteiger partial charge in [-0.15, -0.1) is 0 Å². The van der Waals surface area contributed by atoms with E-state index in [1.54, 1.807) is 0 Å². The quantitative estimate of drug-likeness (QED) is 0.242. The summed E-state index contributed by atoms with van der Waals surface area (Å²) in [5, 5.41) is 5.65. The van der Waals surface area contributed by atoms with Crippen molar-refractivity contribution in [1.29, 1.82) is 0 Å². The summed E-state index contributed by atoms with van der Waals surface area (Å²) in [6, 6.07) is 17.7. The van der Waals surface area contributed by atoms with Crippen LogP contribution in [0.3, 0.4) is 0 Å². The van der Waals surface area contributed by atoms with Gasteiger partial charge in [-0.25, -0.2) is 0 Å². The molecule has 0 atom stereocenters. The van der Waals surface area contributed by atoms with Gasteiger partial charge in [-0.05, 0) is 46.5 Å². The lowest BCUT2D eigenvalue weighted by atomic mass is 9.99. The van der Waals surface area contributed by atoms with Gasteiger partial charge in [-0.1, -0.05) is 93.3 Å². The molecule has 3 aromatic carbocycles. The molecule has 0 aliphatic carbocycles. The highest BCUT2D eigenvalue weighted by Crippen LogP contribution is 2.29. The zero-order valence-corrected chi connectivity index (χ0v) is 19.3. The smallest absolute Gasteiger partial charge is 0.309 e. The lowest BCUT2D eigenvalue weighted by Crippen LogP contribution is -2.13. The molecule has 0 aliphatic heterocycles. The third kappa shape index (κ3) is 7.65. The van der Waals surface area contributed by atoms with E-state index in [1.807, 2.05) is 12.1 Å². The van der Waals surface area contributed by atoms with Gasteiger partial charge >= 0.3 is 6.18 Å². The first kappa shape index (κ1) is 24.9. The monoisotopic (exact) mass is 451 g/mol. The van der Waals surface area contributed by atoms with Gasteiger partial charge in [0.25, 0.3) is 0 Å². The summed E-state index contributed by atoms with van der Waals surface area (Å²) in [7, 11) is 0. The summed E-state index contributed by atoms with van der Waals surface area (Å²) in [5.74, 6) is 6.69. The molecule has 4 heteroatoms. The molecule has 0 unspecified atom stereocenters. The maximum atomic E-state index is 12.7. The van der Waals surface area contributed by atoms with Gasteiger partial charge in [-0.2, -0.15) is 13.2 Å². The van der Waals surface area contributed by atoms with Crippen molar-refractivity contribution in [3.63, 3.8) is 0 Å². The Bertz CT molecular complexity index is 1070. The number of halogens is 3. The van der Waals surface area contributed by atoms with Gasteiger partial charge in [0.05, 0.1) is 5.56 Å². The molecule has 1 N–H and O–H groups in total. The number of rotatable bonds is 10. The van der Waals surface area contributed by atoms with Gasteiger partial charge in [0.15, 0.2) is 0 Å². The Morgan fingerprint density at radius 1 is 0.758 bits per heavy atom. The molecule has 0 spiro atoms. The van der Waals surface area contributed by atoms with Crippen LogP contribution < -0.4 is 5.32 Å². The molecule has 1 nitrogen and oxygen atoms in total. The normalized spacial score (nSPS) is 11.4. The van der Waals surface area contributed by atoms with Crippen LogP contribution in [-0.2, 0) is 19.3 Å². The topological polar surface area (TPSA) is 12.0 Å². The Kier molecular flexibility index (Phi) is 9.39. The molecule has 3 rings (SSSR count). The fraction of sp³-hybridized carbons (Fsp3) is 0.379. The average Bonchev–Trinajstić information content (AvgIpc) is 2.81. The van der Waals surface area contributed by atoms with Crippen molar-refractivity contribution in [2.24, 2.45) is 0 Å². The SMILES string of the molecule is CCCCCCCCC#Cc1ccc(CNCc2ccc(C(F)(F)F)cc2)c2ccccc12. The fourth-order valence-corrected chi connectivity index (χ4v) is 3.93. The third-order valence-corrected chi connectivity index (χ3v) is 5.82. The van der Waals surface area contributed by atoms with Crippen LogP contribution in [0.15, 0.2) is 60.7 Å². The molecule has 0 bridgehead atoms. The molecule has 0 heterocycles. The number of benzene rings is 3. The van der Waals surface area contributed by atoms with E-state index in [0.717, 1.165) is 52.4 Å². The van der Waals surface area contributed by atoms with E-state index in [1.165, 1.54) is 44.2 Å². The van der Waals surface area contributed by atoms with Crippen molar-refractivity contribution >= 4 is 10.8 Å². The van der Waals surface area contributed by atoms with Crippen molar-refractivity contribution < 1.29 is 13.2 Å². The van der Waals surface area contributed by atoms with E-state index in [2.05, 4.69) is 48.3 Å². The Morgan fingerprint density at radius 2 is 1.45 bits per heavy atom. The second-order valence-electron chi connectivity index (χ2n) is 8.44. The molecule has 3 aromatic rings. The second-order valence-corrected chi connectivity index (χ2v) is 8.44. The number of hydrogen-bond donors (Lipinski definition) is 1. The van der Waals surface area contributed by atoms with E-state index in [4.69, 9.17) is 0 Å². The lowest BCUT2D eigenvalue weighted by Gasteiger charge is -2.11. The van der Waals surface area contributed by atoms with Crippen molar-refractivity contribution in [1.82, 2.24) is 5.32 Å². The van der Waals surface area contributed by atoms with Crippen LogP contribution in [-0.4, -0.2) is 0 Å². The van der Waals surface area contributed by atoms with Crippen molar-refractivity contribution in [2.75, 3.05) is 0 Å². The maximum absolute atomic E-state index is 12.7. The molecule has 0 aliphatic rings. The van der Waals surface area contributed by atoms with E-state index >= 15 is 0 Å². The number of fused-ring (bicyclic) bond motifs is 1. The summed E-state index contributed by atoms with van der Waals surface area (Å²) in [5.41, 5.74) is 2.40. The maximum Gasteiger partial charge on any atom is 0.416 e. The third-order valence-electron chi connectivity index (χ3n) is 5.82. The predicted octanol–water partition coefficient (Wildman–Crippen LogP) is 8.25. The van der Waals surface area contributed by atoms with Gasteiger partial charge in [0.1, 0.15) is 0 Å². The summed E-state index contributed by atoms with van der Waals surface area (Å²) in [6.45, 7) is 3.37. The summed E-state index contributed by atoms with van der Waals surface area (Å²) in [6.07, 6.45) is 4.24. The van der Waals surface area contributed by atoms with E-state index in [9.17, 15) is 13.2 Å². The van der Waals surface area contributed by atoms with Crippen LogP contribution >= 0.6 is 0 Å². The number of unbranched alkanes of at least 4 members (excludes halogenated alkanes) is 6. The number of hydrogen-bond acceptors (Lipinski definition) is 1. The Hall–Kier alpha value is -2.77. The molecule has 0 saturated heterocycles. The molecule has 33 heavy (non-hydrogen) atoms. The molecule has 0 radical (unpaired) electrons. The Balaban J connectivity index is 1.58. The predicted molar refractivity (Wildman–Crippen MR) is 131 cm³/mol. The van der Waals surface area contributed by atoms with Crippen LogP contribution in [0.1, 0.15) is 74.1 Å².